The molecule has 3 nitrogen and oxygen atoms in total. The van der Waals surface area contributed by atoms with Crippen molar-refractivity contribution in [1.82, 2.24) is 0 Å². The van der Waals surface area contributed by atoms with Gasteiger partial charge >= 0.3 is 5.97 Å². The molecular formula is C21H23NO2S. The quantitative estimate of drug-likeness (QED) is 0.462. The molecule has 130 valence electrons. The van der Waals surface area contributed by atoms with Crippen LogP contribution in [0.25, 0.3) is 0 Å². The van der Waals surface area contributed by atoms with Crippen molar-refractivity contribution in [3.63, 3.8) is 0 Å². The maximum absolute atomic E-state index is 11.6. The summed E-state index contributed by atoms with van der Waals surface area (Å²) in [6, 6.07) is 5.22. The van der Waals surface area contributed by atoms with E-state index in [0.29, 0.717) is 11.3 Å². The lowest BCUT2D eigenvalue weighted by atomic mass is 9.75. The Hall–Kier alpha value is -2.12. The van der Waals surface area contributed by atoms with Gasteiger partial charge in [0.05, 0.1) is 12.7 Å². The molecule has 0 saturated heterocycles. The molecule has 2 aliphatic rings. The largest absolute Gasteiger partial charge is 0.465 e. The normalized spacial score (nSPS) is 21.2. The lowest BCUT2D eigenvalue weighted by Crippen LogP contribution is -2.23. The van der Waals surface area contributed by atoms with E-state index in [9.17, 15) is 4.79 Å². The van der Waals surface area contributed by atoms with Gasteiger partial charge in [0.15, 0.2) is 0 Å². The Labute approximate surface area is 153 Å². The number of methoxy groups -OCH3 is 1. The highest BCUT2D eigenvalue weighted by Crippen LogP contribution is 2.47. The number of ether oxygens (including phenoxy) is 1. The van der Waals surface area contributed by atoms with Crippen molar-refractivity contribution in [3.8, 4) is 11.8 Å². The number of nitrogen functional groups attached to an aromatic ring is 1. The Morgan fingerprint density at radius 3 is 2.92 bits per heavy atom. The predicted octanol–water partition coefficient (Wildman–Crippen LogP) is 4.40. The zero-order chi connectivity index (χ0) is 18.0. The molecule has 1 atom stereocenters. The third-order valence-electron chi connectivity index (χ3n) is 4.86. The summed E-state index contributed by atoms with van der Waals surface area (Å²) in [6.45, 7) is 4.66. The van der Waals surface area contributed by atoms with Crippen LogP contribution in [0.15, 0.2) is 40.8 Å². The molecule has 3 rings (SSSR count). The van der Waals surface area contributed by atoms with E-state index in [2.05, 4.69) is 37.8 Å². The first-order chi connectivity index (χ1) is 11.9. The minimum atomic E-state index is -0.427. The molecule has 0 fully saturated rings. The minimum absolute atomic E-state index is 0.221. The van der Waals surface area contributed by atoms with Crippen molar-refractivity contribution in [3.05, 3.63) is 52.0 Å². The van der Waals surface area contributed by atoms with Gasteiger partial charge in [0.1, 0.15) is 0 Å². The number of nitrogens with two attached hydrogens (primary N) is 1. The van der Waals surface area contributed by atoms with Crippen LogP contribution in [0.5, 0.6) is 0 Å². The molecule has 0 amide bonds. The molecule has 1 aromatic carbocycles. The monoisotopic (exact) mass is 353 g/mol. The Morgan fingerprint density at radius 2 is 2.20 bits per heavy atom. The Morgan fingerprint density at radius 1 is 1.40 bits per heavy atom. The van der Waals surface area contributed by atoms with Crippen LogP contribution >= 0.6 is 11.8 Å². The smallest absolute Gasteiger partial charge is 0.339 e. The average Bonchev–Trinajstić information content (AvgIpc) is 2.59. The van der Waals surface area contributed by atoms with Crippen LogP contribution < -0.4 is 5.73 Å². The minimum Gasteiger partial charge on any atom is -0.465 e. The van der Waals surface area contributed by atoms with E-state index in [1.54, 1.807) is 12.1 Å². The topological polar surface area (TPSA) is 52.3 Å². The number of thioether (sulfide) groups is 1. The molecule has 1 unspecified atom stereocenters. The first kappa shape index (κ1) is 17.7. The second-order valence-corrected chi connectivity index (χ2v) is 8.19. The maximum Gasteiger partial charge on any atom is 0.339 e. The van der Waals surface area contributed by atoms with Crippen LogP contribution in [0.3, 0.4) is 0 Å². The lowest BCUT2D eigenvalue weighted by Gasteiger charge is -2.36. The fourth-order valence-electron chi connectivity index (χ4n) is 3.22. The number of allylic oxidation sites excluding steroid dienone is 3. The third kappa shape index (κ3) is 3.77. The summed E-state index contributed by atoms with van der Waals surface area (Å²) in [6.07, 6.45) is 6.65. The van der Waals surface area contributed by atoms with Gasteiger partial charge in [0, 0.05) is 22.1 Å². The summed E-state index contributed by atoms with van der Waals surface area (Å²) in [5, 5.41) is 0. The summed E-state index contributed by atoms with van der Waals surface area (Å²) >= 11 is 1.96. The van der Waals surface area contributed by atoms with E-state index in [4.69, 9.17) is 10.5 Å². The first-order valence-electron chi connectivity index (χ1n) is 8.45. The summed E-state index contributed by atoms with van der Waals surface area (Å²) in [7, 11) is 1.35. The van der Waals surface area contributed by atoms with Gasteiger partial charge in [0.2, 0.25) is 0 Å². The van der Waals surface area contributed by atoms with Gasteiger partial charge in [0.25, 0.3) is 0 Å². The number of carbonyl (C=O) groups is 1. The van der Waals surface area contributed by atoms with Crippen molar-refractivity contribution in [2.45, 2.75) is 26.7 Å². The van der Waals surface area contributed by atoms with Gasteiger partial charge in [-0.3, -0.25) is 0 Å². The van der Waals surface area contributed by atoms with Crippen molar-refractivity contribution in [1.29, 1.82) is 0 Å². The number of benzene rings is 1. The van der Waals surface area contributed by atoms with Crippen molar-refractivity contribution in [2.75, 3.05) is 18.6 Å². The van der Waals surface area contributed by atoms with Crippen molar-refractivity contribution < 1.29 is 9.53 Å². The summed E-state index contributed by atoms with van der Waals surface area (Å²) < 4.78 is 4.71. The summed E-state index contributed by atoms with van der Waals surface area (Å²) in [4.78, 5) is 13.0. The number of rotatable bonds is 1. The highest BCUT2D eigenvalue weighted by molar-refractivity contribution is 8.03. The van der Waals surface area contributed by atoms with E-state index >= 15 is 0 Å². The van der Waals surface area contributed by atoms with E-state index < -0.39 is 5.97 Å². The average molecular weight is 353 g/mol. The van der Waals surface area contributed by atoms with E-state index in [-0.39, 0.29) is 11.3 Å². The molecule has 0 radical (unpaired) electrons. The molecular weight excluding hydrogens is 330 g/mol. The molecule has 0 aromatic heterocycles. The molecule has 25 heavy (non-hydrogen) atoms. The summed E-state index contributed by atoms with van der Waals surface area (Å²) in [5.41, 5.74) is 9.32. The molecule has 0 spiro atoms. The molecule has 0 bridgehead atoms. The molecule has 1 aromatic rings. The van der Waals surface area contributed by atoms with Crippen LogP contribution in [0.2, 0.25) is 0 Å². The van der Waals surface area contributed by atoms with E-state index in [0.717, 1.165) is 12.0 Å². The number of hydrogen-bond acceptors (Lipinski definition) is 4. The predicted molar refractivity (Wildman–Crippen MR) is 104 cm³/mol. The molecule has 0 saturated carbocycles. The SMILES string of the molecule is COC(=O)c1ccc(C#CC2C=CC3=C(C2)C(C)(C)CCS3)cc1N. The third-order valence-corrected chi connectivity index (χ3v) is 5.96. The van der Waals surface area contributed by atoms with Gasteiger partial charge in [-0.1, -0.05) is 37.8 Å². The molecule has 1 aliphatic carbocycles. The van der Waals surface area contributed by atoms with Crippen LogP contribution in [-0.4, -0.2) is 18.8 Å². The van der Waals surface area contributed by atoms with Crippen LogP contribution in [-0.2, 0) is 4.74 Å². The second-order valence-electron chi connectivity index (χ2n) is 7.06. The Kier molecular flexibility index (Phi) is 4.96. The van der Waals surface area contributed by atoms with Crippen LogP contribution in [0.1, 0.15) is 42.6 Å². The number of carbonyl (C=O) groups excluding carboxylic acids is 1. The lowest BCUT2D eigenvalue weighted by molar-refractivity contribution is 0.0602. The molecule has 1 aliphatic heterocycles. The Bertz CT molecular complexity index is 824. The fourth-order valence-corrected chi connectivity index (χ4v) is 4.76. The van der Waals surface area contributed by atoms with Crippen LogP contribution in [0.4, 0.5) is 5.69 Å². The molecule has 4 heteroatoms. The zero-order valence-corrected chi connectivity index (χ0v) is 15.7. The highest BCUT2D eigenvalue weighted by atomic mass is 32.2. The molecule has 2 N–H and O–H groups in total. The van der Waals surface area contributed by atoms with Crippen LogP contribution in [0, 0.1) is 23.2 Å². The fraction of sp³-hybridized carbons (Fsp3) is 0.381. The standard InChI is InChI=1S/C21H23NO2S/c1-21(2)10-11-25-19-9-7-14(12-17(19)21)4-5-15-6-8-16(18(22)13-15)20(23)24-3/h6-9,13-14H,10-12,22H2,1-3H3. The number of anilines is 1. The first-order valence-corrected chi connectivity index (χ1v) is 9.43. The van der Waals surface area contributed by atoms with E-state index in [1.165, 1.54) is 29.8 Å². The maximum atomic E-state index is 11.6. The van der Waals surface area contributed by atoms with Crippen molar-refractivity contribution >= 4 is 23.4 Å². The molecule has 1 heterocycles. The van der Waals surface area contributed by atoms with Gasteiger partial charge in [-0.15, -0.1) is 11.8 Å². The highest BCUT2D eigenvalue weighted by Gasteiger charge is 2.32. The van der Waals surface area contributed by atoms with Gasteiger partial charge in [-0.05, 0) is 47.8 Å². The van der Waals surface area contributed by atoms with Gasteiger partial charge < -0.3 is 10.5 Å². The van der Waals surface area contributed by atoms with Crippen molar-refractivity contribution in [2.24, 2.45) is 11.3 Å². The number of esters is 1. The summed E-state index contributed by atoms with van der Waals surface area (Å²) in [5.74, 6) is 7.53. The van der Waals surface area contributed by atoms with Gasteiger partial charge in [-0.25, -0.2) is 4.79 Å². The second kappa shape index (κ2) is 7.01. The zero-order valence-electron chi connectivity index (χ0n) is 14.9. The van der Waals surface area contributed by atoms with E-state index in [1.807, 2.05) is 17.8 Å². The van der Waals surface area contributed by atoms with Gasteiger partial charge in [-0.2, -0.15) is 0 Å². The number of hydrogen-bond donors (Lipinski definition) is 1. The Balaban J connectivity index is 1.77.